The van der Waals surface area contributed by atoms with Crippen LogP contribution in [0, 0.1) is 25.5 Å². The molecule has 2 N–H and O–H groups in total. The largest absolute Gasteiger partial charge is 0.352 e. The third-order valence-electron chi connectivity index (χ3n) is 4.72. The van der Waals surface area contributed by atoms with Gasteiger partial charge in [0.2, 0.25) is 5.91 Å². The Hall–Kier alpha value is -3.55. The van der Waals surface area contributed by atoms with Crippen molar-refractivity contribution >= 4 is 11.8 Å². The van der Waals surface area contributed by atoms with Crippen LogP contribution < -0.4 is 10.6 Å². The summed E-state index contributed by atoms with van der Waals surface area (Å²) in [6.45, 7) is 4.16. The lowest BCUT2D eigenvalue weighted by atomic mass is 10.2. The number of carbonyl (C=O) groups is 2. The maximum atomic E-state index is 13.6. The minimum Gasteiger partial charge on any atom is -0.352 e. The minimum atomic E-state index is -0.946. The van der Waals surface area contributed by atoms with Gasteiger partial charge in [0, 0.05) is 36.8 Å². The quantitative estimate of drug-likeness (QED) is 0.626. The molecular weight excluding hydrogens is 390 g/mol. The molecule has 0 fully saturated rings. The number of halogens is 2. The van der Waals surface area contributed by atoms with Crippen LogP contribution in [0.15, 0.2) is 48.5 Å². The zero-order valence-electron chi connectivity index (χ0n) is 16.7. The second-order valence-corrected chi connectivity index (χ2v) is 6.80. The molecule has 0 spiro atoms. The molecule has 0 bridgehead atoms. The normalized spacial score (nSPS) is 10.7. The molecule has 0 atom stereocenters. The highest BCUT2D eigenvalue weighted by Crippen LogP contribution is 2.17. The van der Waals surface area contributed by atoms with E-state index in [4.69, 9.17) is 0 Å². The van der Waals surface area contributed by atoms with Crippen LogP contribution in [0.4, 0.5) is 8.78 Å². The molecule has 1 aromatic heterocycles. The SMILES string of the molecule is Cc1nn(-c2ccccc2)c(C)c1CNC(=O)CCNC(=O)c1ccc(F)cc1F. The van der Waals surface area contributed by atoms with E-state index in [1.807, 2.05) is 48.9 Å². The fourth-order valence-electron chi connectivity index (χ4n) is 3.09. The monoisotopic (exact) mass is 412 g/mol. The van der Waals surface area contributed by atoms with Gasteiger partial charge in [0.15, 0.2) is 0 Å². The number of nitrogens with one attached hydrogen (secondary N) is 2. The Morgan fingerprint density at radius 1 is 1.03 bits per heavy atom. The predicted octanol–water partition coefficient (Wildman–Crippen LogP) is 3.20. The smallest absolute Gasteiger partial charge is 0.254 e. The number of nitrogens with zero attached hydrogens (tertiary/aromatic N) is 2. The van der Waals surface area contributed by atoms with E-state index in [0.29, 0.717) is 12.6 Å². The van der Waals surface area contributed by atoms with Crippen LogP contribution in [0.5, 0.6) is 0 Å². The maximum absolute atomic E-state index is 13.6. The molecule has 0 saturated carbocycles. The third-order valence-corrected chi connectivity index (χ3v) is 4.72. The molecular formula is C22H22F2N4O2. The van der Waals surface area contributed by atoms with E-state index in [1.54, 1.807) is 0 Å². The minimum absolute atomic E-state index is 0.0273. The van der Waals surface area contributed by atoms with Crippen molar-refractivity contribution in [1.29, 1.82) is 0 Å². The fraction of sp³-hybridized carbons (Fsp3) is 0.227. The summed E-state index contributed by atoms with van der Waals surface area (Å²) >= 11 is 0. The molecule has 0 aliphatic heterocycles. The standard InChI is InChI=1S/C22H22F2N4O2/c1-14-19(15(2)28(27-14)17-6-4-3-5-7-17)13-26-21(29)10-11-25-22(30)18-9-8-16(23)12-20(18)24/h3-9,12H,10-11,13H2,1-2H3,(H,25,30)(H,26,29). The lowest BCUT2D eigenvalue weighted by molar-refractivity contribution is -0.121. The van der Waals surface area contributed by atoms with E-state index < -0.39 is 17.5 Å². The van der Waals surface area contributed by atoms with Crippen molar-refractivity contribution in [3.63, 3.8) is 0 Å². The number of rotatable bonds is 7. The van der Waals surface area contributed by atoms with Gasteiger partial charge in [0.25, 0.3) is 5.91 Å². The van der Waals surface area contributed by atoms with Crippen LogP contribution in [-0.2, 0) is 11.3 Å². The molecule has 3 aromatic rings. The first-order valence-electron chi connectivity index (χ1n) is 9.47. The lowest BCUT2D eigenvalue weighted by Gasteiger charge is -2.08. The van der Waals surface area contributed by atoms with Crippen LogP contribution in [0.3, 0.4) is 0 Å². The van der Waals surface area contributed by atoms with Gasteiger partial charge in [-0.25, -0.2) is 13.5 Å². The first-order chi connectivity index (χ1) is 14.4. The zero-order chi connectivity index (χ0) is 21.7. The number of para-hydroxylation sites is 1. The number of aryl methyl sites for hydroxylation is 1. The average Bonchev–Trinajstić information content (AvgIpc) is 3.00. The molecule has 8 heteroatoms. The van der Waals surface area contributed by atoms with Crippen molar-refractivity contribution < 1.29 is 18.4 Å². The first-order valence-corrected chi connectivity index (χ1v) is 9.47. The van der Waals surface area contributed by atoms with Crippen molar-refractivity contribution in [2.24, 2.45) is 0 Å². The predicted molar refractivity (Wildman–Crippen MR) is 108 cm³/mol. The Labute approximate surface area is 172 Å². The van der Waals surface area contributed by atoms with Gasteiger partial charge in [-0.05, 0) is 38.1 Å². The van der Waals surface area contributed by atoms with Gasteiger partial charge in [-0.15, -0.1) is 0 Å². The highest BCUT2D eigenvalue weighted by atomic mass is 19.1. The second kappa shape index (κ2) is 9.30. The Morgan fingerprint density at radius 3 is 2.47 bits per heavy atom. The molecule has 2 aromatic carbocycles. The van der Waals surface area contributed by atoms with Crippen molar-refractivity contribution in [2.75, 3.05) is 6.54 Å². The van der Waals surface area contributed by atoms with Crippen molar-refractivity contribution in [2.45, 2.75) is 26.8 Å². The average molecular weight is 412 g/mol. The molecule has 156 valence electrons. The number of amides is 2. The van der Waals surface area contributed by atoms with Crippen LogP contribution >= 0.6 is 0 Å². The Bertz CT molecular complexity index is 1060. The van der Waals surface area contributed by atoms with Crippen molar-refractivity contribution in [1.82, 2.24) is 20.4 Å². The van der Waals surface area contributed by atoms with Gasteiger partial charge >= 0.3 is 0 Å². The van der Waals surface area contributed by atoms with Crippen LogP contribution in [0.2, 0.25) is 0 Å². The second-order valence-electron chi connectivity index (χ2n) is 6.80. The van der Waals surface area contributed by atoms with E-state index in [0.717, 1.165) is 34.8 Å². The summed E-state index contributed by atoms with van der Waals surface area (Å²) in [5, 5.41) is 9.81. The lowest BCUT2D eigenvalue weighted by Crippen LogP contribution is -2.31. The number of aromatic nitrogens is 2. The highest BCUT2D eigenvalue weighted by Gasteiger charge is 2.15. The van der Waals surface area contributed by atoms with E-state index in [2.05, 4.69) is 15.7 Å². The summed E-state index contributed by atoms with van der Waals surface area (Å²) in [4.78, 5) is 24.1. The number of hydrogen-bond donors (Lipinski definition) is 2. The van der Waals surface area contributed by atoms with Gasteiger partial charge in [0.1, 0.15) is 11.6 Å². The molecule has 0 unspecified atom stereocenters. The highest BCUT2D eigenvalue weighted by molar-refractivity contribution is 5.94. The van der Waals surface area contributed by atoms with Gasteiger partial charge in [0.05, 0.1) is 16.9 Å². The molecule has 6 nitrogen and oxygen atoms in total. The summed E-state index contributed by atoms with van der Waals surface area (Å²) in [7, 11) is 0. The number of hydrogen-bond acceptors (Lipinski definition) is 3. The van der Waals surface area contributed by atoms with E-state index in [-0.39, 0.29) is 24.4 Å². The fourth-order valence-corrected chi connectivity index (χ4v) is 3.09. The van der Waals surface area contributed by atoms with Gasteiger partial charge in [-0.3, -0.25) is 9.59 Å². The molecule has 3 rings (SSSR count). The summed E-state index contributed by atoms with van der Waals surface area (Å²) in [6, 6.07) is 12.4. The Morgan fingerprint density at radius 2 is 1.77 bits per heavy atom. The van der Waals surface area contributed by atoms with E-state index in [9.17, 15) is 18.4 Å². The van der Waals surface area contributed by atoms with E-state index >= 15 is 0 Å². The zero-order valence-corrected chi connectivity index (χ0v) is 16.7. The summed E-state index contributed by atoms with van der Waals surface area (Å²) < 4.78 is 28.4. The van der Waals surface area contributed by atoms with Gasteiger partial charge < -0.3 is 10.6 Å². The molecule has 0 radical (unpaired) electrons. The molecule has 0 aliphatic carbocycles. The van der Waals surface area contributed by atoms with Crippen LogP contribution in [0.1, 0.15) is 33.7 Å². The van der Waals surface area contributed by atoms with Gasteiger partial charge in [-0.1, -0.05) is 18.2 Å². The topological polar surface area (TPSA) is 76.0 Å². The summed E-state index contributed by atoms with van der Waals surface area (Å²) in [6.07, 6.45) is 0.0273. The third kappa shape index (κ3) is 4.89. The molecule has 0 saturated heterocycles. The first kappa shape index (κ1) is 21.2. The van der Waals surface area contributed by atoms with E-state index in [1.165, 1.54) is 0 Å². The Kier molecular flexibility index (Phi) is 6.56. The number of carbonyl (C=O) groups excluding carboxylic acids is 2. The maximum Gasteiger partial charge on any atom is 0.254 e. The van der Waals surface area contributed by atoms with Crippen LogP contribution in [-0.4, -0.2) is 28.1 Å². The van der Waals surface area contributed by atoms with Crippen LogP contribution in [0.25, 0.3) is 5.69 Å². The summed E-state index contributed by atoms with van der Waals surface area (Å²) in [5.74, 6) is -2.67. The number of benzene rings is 2. The summed E-state index contributed by atoms with van der Waals surface area (Å²) in [5.41, 5.74) is 3.34. The van der Waals surface area contributed by atoms with Crippen molar-refractivity contribution in [3.8, 4) is 5.69 Å². The Balaban J connectivity index is 1.52. The van der Waals surface area contributed by atoms with Gasteiger partial charge in [-0.2, -0.15) is 5.10 Å². The van der Waals surface area contributed by atoms with Crippen molar-refractivity contribution in [3.05, 3.63) is 82.7 Å². The molecule has 0 aliphatic rings. The molecule has 30 heavy (non-hydrogen) atoms. The molecule has 1 heterocycles. The molecule has 2 amide bonds.